The molecule has 7 heteroatoms. The molecule has 7 nitrogen and oxygen atoms in total. The molecule has 0 unspecified atom stereocenters. The number of carbonyl (C=O) groups excluding carboxylic acids is 1. The van der Waals surface area contributed by atoms with Gasteiger partial charge in [0.25, 0.3) is 5.91 Å². The van der Waals surface area contributed by atoms with E-state index in [1.165, 1.54) is 0 Å². The van der Waals surface area contributed by atoms with Gasteiger partial charge < -0.3 is 25.3 Å². The van der Waals surface area contributed by atoms with Crippen molar-refractivity contribution in [1.29, 1.82) is 0 Å². The molecular formula is C26H29N5O2. The highest BCUT2D eigenvalue weighted by Gasteiger charge is 2.30. The van der Waals surface area contributed by atoms with E-state index >= 15 is 0 Å². The molecule has 5 rings (SSSR count). The lowest BCUT2D eigenvalue weighted by Crippen LogP contribution is -2.38. The molecule has 1 amide bonds. The molecule has 0 aliphatic carbocycles. The molecule has 0 saturated carbocycles. The number of amides is 1. The van der Waals surface area contributed by atoms with Gasteiger partial charge in [0.2, 0.25) is 0 Å². The van der Waals surface area contributed by atoms with Gasteiger partial charge in [0.1, 0.15) is 11.6 Å². The molecule has 2 aliphatic rings. The van der Waals surface area contributed by atoms with Crippen LogP contribution in [0.4, 0.5) is 11.4 Å². The van der Waals surface area contributed by atoms with E-state index in [9.17, 15) is 4.79 Å². The number of nitrogens with zero attached hydrogens (tertiary/aromatic N) is 2. The van der Waals surface area contributed by atoms with Gasteiger partial charge in [0, 0.05) is 54.0 Å². The summed E-state index contributed by atoms with van der Waals surface area (Å²) in [6.07, 6.45) is 5.71. The Bertz CT molecular complexity index is 1160. The molecule has 0 bridgehead atoms. The van der Waals surface area contributed by atoms with E-state index in [4.69, 9.17) is 4.74 Å². The molecule has 3 N–H and O–H groups in total. The second kappa shape index (κ2) is 9.11. The Balaban J connectivity index is 1.53. The second-order valence-corrected chi connectivity index (χ2v) is 8.48. The van der Waals surface area contributed by atoms with E-state index in [-0.39, 0.29) is 5.91 Å². The summed E-state index contributed by atoms with van der Waals surface area (Å²) in [6, 6.07) is 14.3. The molecule has 170 valence electrons. The summed E-state index contributed by atoms with van der Waals surface area (Å²) in [6.45, 7) is 5.55. The minimum absolute atomic E-state index is 0.124. The molecule has 1 saturated heterocycles. The van der Waals surface area contributed by atoms with E-state index in [1.807, 2.05) is 36.4 Å². The smallest absolute Gasteiger partial charge is 0.257 e. The first-order valence-electron chi connectivity index (χ1n) is 11.5. The quantitative estimate of drug-likeness (QED) is 0.497. The van der Waals surface area contributed by atoms with Crippen molar-refractivity contribution in [2.45, 2.75) is 25.8 Å². The topological polar surface area (TPSA) is 82.3 Å². The molecular weight excluding hydrogens is 414 g/mol. The van der Waals surface area contributed by atoms with Crippen LogP contribution in [0, 0.1) is 0 Å². The maximum absolute atomic E-state index is 13.2. The molecule has 2 aliphatic heterocycles. The third-order valence-corrected chi connectivity index (χ3v) is 6.53. The molecule has 0 spiro atoms. The minimum Gasteiger partial charge on any atom is -0.497 e. The number of anilines is 2. The fraction of sp³-hybridized carbons (Fsp3) is 0.308. The summed E-state index contributed by atoms with van der Waals surface area (Å²) >= 11 is 0. The van der Waals surface area contributed by atoms with Crippen molar-refractivity contribution in [2.24, 2.45) is 0 Å². The number of H-pyrrole nitrogens is 1. The number of aromatic nitrogens is 2. The number of carbonyl (C=O) groups is 1. The Kier molecular flexibility index (Phi) is 5.88. The van der Waals surface area contributed by atoms with E-state index in [0.717, 1.165) is 66.3 Å². The van der Waals surface area contributed by atoms with Crippen LogP contribution >= 0.6 is 0 Å². The van der Waals surface area contributed by atoms with Crippen molar-refractivity contribution in [3.05, 3.63) is 71.8 Å². The summed E-state index contributed by atoms with van der Waals surface area (Å²) in [5.41, 5.74) is 5.03. The van der Waals surface area contributed by atoms with Gasteiger partial charge in [-0.05, 0) is 55.3 Å². The van der Waals surface area contributed by atoms with Crippen LogP contribution in [0.3, 0.4) is 0 Å². The molecule has 1 fully saturated rings. The SMILES string of the molecule is CCN1CCC(Nc2ccc3c(c2)C(=C(c2ccc(OC)cc2)c2ncc[nH]2)C(=O)N3)CC1. The van der Waals surface area contributed by atoms with Gasteiger partial charge in [0.15, 0.2) is 0 Å². The number of fused-ring (bicyclic) bond motifs is 1. The van der Waals surface area contributed by atoms with Crippen molar-refractivity contribution in [3.63, 3.8) is 0 Å². The molecule has 3 heterocycles. The van der Waals surface area contributed by atoms with Gasteiger partial charge in [-0.2, -0.15) is 0 Å². The highest BCUT2D eigenvalue weighted by Crippen LogP contribution is 2.40. The molecule has 0 radical (unpaired) electrons. The van der Waals surface area contributed by atoms with Crippen LogP contribution in [-0.4, -0.2) is 53.6 Å². The van der Waals surface area contributed by atoms with Gasteiger partial charge in [-0.25, -0.2) is 4.98 Å². The first kappa shape index (κ1) is 21.3. The Morgan fingerprint density at radius 2 is 1.97 bits per heavy atom. The van der Waals surface area contributed by atoms with Crippen molar-refractivity contribution in [2.75, 3.05) is 37.4 Å². The molecule has 1 aromatic heterocycles. The maximum Gasteiger partial charge on any atom is 0.257 e. The van der Waals surface area contributed by atoms with E-state index < -0.39 is 0 Å². The molecule has 0 atom stereocenters. The first-order chi connectivity index (χ1) is 16.2. The van der Waals surface area contributed by atoms with Crippen LogP contribution in [0.15, 0.2) is 54.9 Å². The number of rotatable bonds is 6. The lowest BCUT2D eigenvalue weighted by molar-refractivity contribution is -0.110. The Morgan fingerprint density at radius 3 is 2.64 bits per heavy atom. The first-order valence-corrected chi connectivity index (χ1v) is 11.5. The van der Waals surface area contributed by atoms with Crippen LogP contribution in [0.1, 0.15) is 36.7 Å². The van der Waals surface area contributed by atoms with Gasteiger partial charge in [-0.1, -0.05) is 19.1 Å². The van der Waals surface area contributed by atoms with Crippen molar-refractivity contribution in [3.8, 4) is 5.75 Å². The maximum atomic E-state index is 13.2. The Morgan fingerprint density at radius 1 is 1.18 bits per heavy atom. The van der Waals surface area contributed by atoms with Gasteiger partial charge in [-0.3, -0.25) is 4.79 Å². The number of hydrogen-bond donors (Lipinski definition) is 3. The Hall–Kier alpha value is -3.58. The summed E-state index contributed by atoms with van der Waals surface area (Å²) in [5.74, 6) is 1.29. The van der Waals surface area contributed by atoms with Crippen molar-refractivity contribution >= 4 is 28.4 Å². The number of methoxy groups -OCH3 is 1. The molecule has 2 aromatic carbocycles. The number of hydrogen-bond acceptors (Lipinski definition) is 5. The summed E-state index contributed by atoms with van der Waals surface area (Å²) in [4.78, 5) is 23.3. The average Bonchev–Trinajstić information content (AvgIpc) is 3.49. The van der Waals surface area contributed by atoms with E-state index in [2.05, 4.69) is 38.5 Å². The second-order valence-electron chi connectivity index (χ2n) is 8.48. The highest BCUT2D eigenvalue weighted by molar-refractivity contribution is 6.38. The predicted molar refractivity (Wildman–Crippen MR) is 131 cm³/mol. The number of nitrogens with one attached hydrogen (secondary N) is 3. The van der Waals surface area contributed by atoms with Crippen molar-refractivity contribution < 1.29 is 9.53 Å². The van der Waals surface area contributed by atoms with Crippen LogP contribution in [0.2, 0.25) is 0 Å². The lowest BCUT2D eigenvalue weighted by atomic mass is 9.94. The van der Waals surface area contributed by atoms with E-state index in [1.54, 1.807) is 19.5 Å². The number of piperidine rings is 1. The van der Waals surface area contributed by atoms with Gasteiger partial charge in [0.05, 0.1) is 12.7 Å². The average molecular weight is 444 g/mol. The summed E-state index contributed by atoms with van der Waals surface area (Å²) < 4.78 is 5.31. The fourth-order valence-corrected chi connectivity index (χ4v) is 4.69. The molecule has 33 heavy (non-hydrogen) atoms. The van der Waals surface area contributed by atoms with Crippen molar-refractivity contribution in [1.82, 2.24) is 14.9 Å². The fourth-order valence-electron chi connectivity index (χ4n) is 4.69. The number of imidazole rings is 1. The zero-order valence-electron chi connectivity index (χ0n) is 19.0. The van der Waals surface area contributed by atoms with Crippen LogP contribution in [0.5, 0.6) is 5.75 Å². The third kappa shape index (κ3) is 4.24. The summed E-state index contributed by atoms with van der Waals surface area (Å²) in [7, 11) is 1.64. The third-order valence-electron chi connectivity index (χ3n) is 6.53. The van der Waals surface area contributed by atoms with Crippen LogP contribution in [-0.2, 0) is 4.79 Å². The molecule has 3 aromatic rings. The Labute approximate surface area is 193 Å². The minimum atomic E-state index is -0.124. The standard InChI is InChI=1S/C26H29N5O2/c1-3-31-14-10-18(11-15-31)29-19-6-9-22-21(16-19)24(26(32)30-22)23(25-27-12-13-28-25)17-4-7-20(33-2)8-5-17/h4-9,12-13,16,18,29H,3,10-11,14-15H2,1-2H3,(H,27,28)(H,30,32). The van der Waals surface area contributed by atoms with E-state index in [0.29, 0.717) is 17.4 Å². The normalized spacial score (nSPS) is 18.1. The lowest BCUT2D eigenvalue weighted by Gasteiger charge is -2.32. The monoisotopic (exact) mass is 443 g/mol. The zero-order chi connectivity index (χ0) is 22.8. The van der Waals surface area contributed by atoms with Crippen LogP contribution in [0.25, 0.3) is 11.1 Å². The number of benzene rings is 2. The number of likely N-dealkylation sites (tertiary alicyclic amines) is 1. The predicted octanol–water partition coefficient (Wildman–Crippen LogP) is 4.23. The largest absolute Gasteiger partial charge is 0.497 e. The van der Waals surface area contributed by atoms with Crippen LogP contribution < -0.4 is 15.4 Å². The number of aromatic amines is 1. The van der Waals surface area contributed by atoms with Gasteiger partial charge in [-0.15, -0.1) is 0 Å². The highest BCUT2D eigenvalue weighted by atomic mass is 16.5. The number of ether oxygens (including phenoxy) is 1. The zero-order valence-corrected chi connectivity index (χ0v) is 19.0. The van der Waals surface area contributed by atoms with Gasteiger partial charge >= 0.3 is 0 Å². The summed E-state index contributed by atoms with van der Waals surface area (Å²) in [5, 5.41) is 6.72.